The van der Waals surface area contributed by atoms with Crippen molar-refractivity contribution in [2.24, 2.45) is 5.41 Å². The number of halogens is 2. The highest BCUT2D eigenvalue weighted by Crippen LogP contribution is 2.54. The van der Waals surface area contributed by atoms with Crippen LogP contribution in [-0.2, 0) is 10.2 Å². The number of hydrogen-bond acceptors (Lipinski definition) is 4. The number of pyridine rings is 1. The Morgan fingerprint density at radius 1 is 1.12 bits per heavy atom. The van der Waals surface area contributed by atoms with E-state index in [-0.39, 0.29) is 6.61 Å². The molecule has 6 nitrogen and oxygen atoms in total. The smallest absolute Gasteiger partial charge is 0.312 e. The van der Waals surface area contributed by atoms with Gasteiger partial charge >= 0.3 is 5.97 Å². The van der Waals surface area contributed by atoms with Crippen LogP contribution < -0.4 is 4.74 Å². The van der Waals surface area contributed by atoms with E-state index in [1.54, 1.807) is 26.1 Å². The van der Waals surface area contributed by atoms with Gasteiger partial charge in [0, 0.05) is 35.3 Å². The van der Waals surface area contributed by atoms with Crippen LogP contribution in [0.1, 0.15) is 38.8 Å². The Bertz CT molecular complexity index is 1180. The molecule has 4 rings (SSSR count). The number of allylic oxidation sites excluding steroid dienone is 1. The van der Waals surface area contributed by atoms with E-state index in [2.05, 4.69) is 21.5 Å². The SMILES string of the molecule is C=CC(F)(F)C1(c2cnc(-c3ccc(-c4ccc(OCC(C)(C)C(=O)O)nc4)cc3)[nH]2)CCC1. The molecule has 8 heteroatoms. The summed E-state index contributed by atoms with van der Waals surface area (Å²) < 4.78 is 34.6. The molecular formula is C26H27F2N3O3. The van der Waals surface area contributed by atoms with Crippen LogP contribution in [0.2, 0.25) is 0 Å². The molecule has 3 aromatic rings. The number of benzene rings is 1. The normalized spacial score (nSPS) is 15.4. The fourth-order valence-corrected chi connectivity index (χ4v) is 3.99. The summed E-state index contributed by atoms with van der Waals surface area (Å²) >= 11 is 0. The topological polar surface area (TPSA) is 88.1 Å². The Kier molecular flexibility index (Phi) is 6.02. The lowest BCUT2D eigenvalue weighted by atomic mass is 9.62. The molecule has 1 fully saturated rings. The number of carbonyl (C=O) groups is 1. The van der Waals surface area contributed by atoms with Gasteiger partial charge in [0.25, 0.3) is 5.92 Å². The summed E-state index contributed by atoms with van der Waals surface area (Å²) in [6, 6.07) is 11.1. The van der Waals surface area contributed by atoms with Crippen molar-refractivity contribution in [1.29, 1.82) is 0 Å². The monoisotopic (exact) mass is 467 g/mol. The van der Waals surface area contributed by atoms with Crippen LogP contribution in [0.5, 0.6) is 5.88 Å². The Labute approximate surface area is 196 Å². The highest BCUT2D eigenvalue weighted by molar-refractivity contribution is 5.73. The third-order valence-electron chi connectivity index (χ3n) is 6.58. The van der Waals surface area contributed by atoms with Crippen LogP contribution in [0.25, 0.3) is 22.5 Å². The number of carboxylic acids is 1. The first-order valence-corrected chi connectivity index (χ1v) is 11.1. The Morgan fingerprint density at radius 2 is 1.76 bits per heavy atom. The zero-order valence-electron chi connectivity index (χ0n) is 19.1. The number of nitrogens with zero attached hydrogens (tertiary/aromatic N) is 2. The second kappa shape index (κ2) is 8.66. The first-order chi connectivity index (χ1) is 16.1. The second-order valence-electron chi connectivity index (χ2n) is 9.35. The number of rotatable bonds is 9. The summed E-state index contributed by atoms with van der Waals surface area (Å²) in [5.74, 6) is -3.05. The van der Waals surface area contributed by atoms with Gasteiger partial charge in [0.15, 0.2) is 0 Å². The van der Waals surface area contributed by atoms with Crippen LogP contribution in [0.3, 0.4) is 0 Å². The number of carboxylic acid groups (broad SMARTS) is 1. The molecule has 178 valence electrons. The molecule has 0 unspecified atom stereocenters. The number of H-pyrrole nitrogens is 1. The van der Waals surface area contributed by atoms with Crippen molar-refractivity contribution in [2.75, 3.05) is 6.61 Å². The molecule has 1 aliphatic carbocycles. The average Bonchev–Trinajstić information content (AvgIpc) is 3.27. The highest BCUT2D eigenvalue weighted by Gasteiger charge is 2.57. The van der Waals surface area contributed by atoms with Crippen molar-refractivity contribution in [3.8, 4) is 28.4 Å². The third kappa shape index (κ3) is 4.20. The van der Waals surface area contributed by atoms with Gasteiger partial charge in [-0.05, 0) is 44.4 Å². The number of hydrogen-bond donors (Lipinski definition) is 2. The third-order valence-corrected chi connectivity index (χ3v) is 6.58. The van der Waals surface area contributed by atoms with Gasteiger partial charge in [-0.25, -0.2) is 18.7 Å². The largest absolute Gasteiger partial charge is 0.481 e. The molecule has 1 aromatic carbocycles. The van der Waals surface area contributed by atoms with E-state index < -0.39 is 22.7 Å². The molecule has 0 radical (unpaired) electrons. The van der Waals surface area contributed by atoms with E-state index in [4.69, 9.17) is 4.74 Å². The summed E-state index contributed by atoms with van der Waals surface area (Å²) in [6.45, 7) is 6.51. The maximum Gasteiger partial charge on any atom is 0.312 e. The first kappa shape index (κ1) is 23.6. The maximum atomic E-state index is 14.6. The van der Waals surface area contributed by atoms with Gasteiger partial charge in [-0.15, -0.1) is 0 Å². The van der Waals surface area contributed by atoms with Crippen molar-refractivity contribution in [2.45, 2.75) is 44.4 Å². The molecule has 0 bridgehead atoms. The molecule has 2 aromatic heterocycles. The minimum Gasteiger partial charge on any atom is -0.481 e. The van der Waals surface area contributed by atoms with Gasteiger partial charge in [0.1, 0.15) is 12.4 Å². The Hall–Kier alpha value is -3.55. The molecule has 0 amide bonds. The number of nitrogens with one attached hydrogen (secondary N) is 1. The predicted molar refractivity (Wildman–Crippen MR) is 125 cm³/mol. The minimum absolute atomic E-state index is 0.00846. The van der Waals surface area contributed by atoms with E-state index in [9.17, 15) is 18.7 Å². The Balaban J connectivity index is 1.47. The fourth-order valence-electron chi connectivity index (χ4n) is 3.99. The van der Waals surface area contributed by atoms with Crippen molar-refractivity contribution in [3.05, 3.63) is 67.1 Å². The van der Waals surface area contributed by atoms with Gasteiger partial charge in [-0.2, -0.15) is 0 Å². The van der Waals surface area contributed by atoms with Crippen LogP contribution in [-0.4, -0.2) is 38.6 Å². The summed E-state index contributed by atoms with van der Waals surface area (Å²) in [5.41, 5.74) is 0.727. The van der Waals surface area contributed by atoms with E-state index >= 15 is 0 Å². The van der Waals surface area contributed by atoms with Crippen molar-refractivity contribution < 1.29 is 23.4 Å². The predicted octanol–water partition coefficient (Wildman–Crippen LogP) is 5.87. The molecule has 34 heavy (non-hydrogen) atoms. The standard InChI is InChI=1S/C26H27F2N3O3/c1-4-26(27,28)25(12-5-13-25)20-15-30-22(31-20)18-8-6-17(7-9-18)19-10-11-21(29-14-19)34-16-24(2,3)23(32)33/h4,6-11,14-15H,1,5,12-13,16H2,2-3H3,(H,30,31)(H,32,33). The summed E-state index contributed by atoms with van der Waals surface area (Å²) in [6.07, 6.45) is 5.44. The molecular weight excluding hydrogens is 440 g/mol. The Morgan fingerprint density at radius 3 is 2.29 bits per heavy atom. The highest BCUT2D eigenvalue weighted by atomic mass is 19.3. The number of aromatic nitrogens is 3. The number of aliphatic carboxylic acids is 1. The maximum absolute atomic E-state index is 14.6. The lowest BCUT2D eigenvalue weighted by Crippen LogP contribution is -2.49. The minimum atomic E-state index is -2.99. The molecule has 1 saturated carbocycles. The number of imidazole rings is 1. The van der Waals surface area contributed by atoms with E-state index in [1.807, 2.05) is 30.3 Å². The van der Waals surface area contributed by atoms with Crippen LogP contribution >= 0.6 is 0 Å². The quantitative estimate of drug-likeness (QED) is 0.384. The van der Waals surface area contributed by atoms with E-state index in [0.29, 0.717) is 30.2 Å². The molecule has 2 N–H and O–H groups in total. The number of ether oxygens (including phenoxy) is 1. The number of alkyl halides is 2. The van der Waals surface area contributed by atoms with E-state index in [1.165, 1.54) is 6.20 Å². The summed E-state index contributed by atoms with van der Waals surface area (Å²) in [7, 11) is 0. The van der Waals surface area contributed by atoms with E-state index in [0.717, 1.165) is 29.2 Å². The van der Waals surface area contributed by atoms with Crippen molar-refractivity contribution in [3.63, 3.8) is 0 Å². The molecule has 1 aliphatic rings. The van der Waals surface area contributed by atoms with Gasteiger partial charge in [-0.1, -0.05) is 37.3 Å². The first-order valence-electron chi connectivity index (χ1n) is 11.1. The number of aromatic amines is 1. The zero-order chi connectivity index (χ0) is 24.6. The van der Waals surface area contributed by atoms with Gasteiger partial charge in [-0.3, -0.25) is 4.79 Å². The van der Waals surface area contributed by atoms with Crippen molar-refractivity contribution in [1.82, 2.24) is 15.0 Å². The summed E-state index contributed by atoms with van der Waals surface area (Å²) in [4.78, 5) is 22.9. The summed E-state index contributed by atoms with van der Waals surface area (Å²) in [5, 5.41) is 9.18. The van der Waals surface area contributed by atoms with Crippen LogP contribution in [0, 0.1) is 5.41 Å². The van der Waals surface area contributed by atoms with Gasteiger partial charge in [0.2, 0.25) is 5.88 Å². The second-order valence-corrected chi connectivity index (χ2v) is 9.35. The van der Waals surface area contributed by atoms with Gasteiger partial charge < -0.3 is 14.8 Å². The van der Waals surface area contributed by atoms with Crippen molar-refractivity contribution >= 4 is 5.97 Å². The molecule has 0 spiro atoms. The van der Waals surface area contributed by atoms with Gasteiger partial charge in [0.05, 0.1) is 10.8 Å². The molecule has 0 saturated heterocycles. The molecule has 0 aliphatic heterocycles. The molecule has 0 atom stereocenters. The zero-order valence-corrected chi connectivity index (χ0v) is 19.1. The van der Waals surface area contributed by atoms with Crippen LogP contribution in [0.15, 0.2) is 61.4 Å². The fraction of sp³-hybridized carbons (Fsp3) is 0.346. The van der Waals surface area contributed by atoms with Crippen LogP contribution in [0.4, 0.5) is 8.78 Å². The molecule has 2 heterocycles. The lowest BCUT2D eigenvalue weighted by molar-refractivity contribution is -0.148. The average molecular weight is 468 g/mol. The lowest BCUT2D eigenvalue weighted by Gasteiger charge is -2.45.